The molecule has 0 radical (unpaired) electrons. The average Bonchev–Trinajstić information content (AvgIpc) is 3.29. The fraction of sp³-hybridized carbons (Fsp3) is 0.510. The number of hydrogen-bond donors (Lipinski definition) is 1. The lowest BCUT2D eigenvalue weighted by molar-refractivity contribution is -0.378. The molecule has 324 valence electrons. The van der Waals surface area contributed by atoms with Gasteiger partial charge >= 0.3 is 0 Å². The van der Waals surface area contributed by atoms with Crippen LogP contribution >= 0.6 is 0 Å². The van der Waals surface area contributed by atoms with Gasteiger partial charge in [0.25, 0.3) is 0 Å². The van der Waals surface area contributed by atoms with E-state index < -0.39 is 61.4 Å². The normalized spacial score (nSPS) is 29.8. The second kappa shape index (κ2) is 24.2. The Hall–Kier alpha value is -3.56. The molecule has 4 aliphatic rings. The lowest BCUT2D eigenvalue weighted by Crippen LogP contribution is -2.66. The van der Waals surface area contributed by atoms with Gasteiger partial charge in [0.2, 0.25) is 0 Å². The van der Waals surface area contributed by atoms with Crippen molar-refractivity contribution in [3.63, 3.8) is 0 Å². The Labute approximate surface area is 355 Å². The molecule has 4 heterocycles. The number of hydrogen-bond acceptors (Lipinski definition) is 11. The third kappa shape index (κ3) is 13.0. The minimum absolute atomic E-state index is 0.223. The van der Waals surface area contributed by atoms with Crippen LogP contribution in [0.5, 0.6) is 0 Å². The third-order valence-electron chi connectivity index (χ3n) is 11.3. The molecule has 60 heavy (non-hydrogen) atoms. The maximum Gasteiger partial charge on any atom is 0.187 e. The van der Waals surface area contributed by atoms with E-state index in [0.717, 1.165) is 60.8 Å². The van der Waals surface area contributed by atoms with E-state index in [-0.39, 0.29) is 33.0 Å². The highest BCUT2D eigenvalue weighted by Crippen LogP contribution is 2.35. The van der Waals surface area contributed by atoms with Crippen LogP contribution in [-0.4, -0.2) is 100 Å². The van der Waals surface area contributed by atoms with E-state index in [1.807, 2.05) is 121 Å². The molecule has 11 heteroatoms. The monoisotopic (exact) mass is 826 g/mol. The summed E-state index contributed by atoms with van der Waals surface area (Å²) in [4.78, 5) is 0. The number of benzene rings is 4. The van der Waals surface area contributed by atoms with Crippen molar-refractivity contribution in [3.05, 3.63) is 144 Å². The van der Waals surface area contributed by atoms with Gasteiger partial charge in [-0.1, -0.05) is 147 Å². The van der Waals surface area contributed by atoms with E-state index in [0.29, 0.717) is 19.8 Å². The quantitative estimate of drug-likeness (QED) is 0.144. The van der Waals surface area contributed by atoms with Gasteiger partial charge in [0.05, 0.1) is 39.6 Å². The predicted molar refractivity (Wildman–Crippen MR) is 225 cm³/mol. The molecule has 10 atom stereocenters. The summed E-state index contributed by atoms with van der Waals surface area (Å²) in [6.45, 7) is 2.71. The van der Waals surface area contributed by atoms with Crippen molar-refractivity contribution < 1.29 is 52.5 Å². The highest BCUT2D eigenvalue weighted by Gasteiger charge is 2.54. The first-order valence-corrected chi connectivity index (χ1v) is 21.6. The first-order valence-electron chi connectivity index (χ1n) is 21.6. The smallest absolute Gasteiger partial charge is 0.187 e. The molecule has 0 saturated carbocycles. The number of aliphatic hydroxyl groups is 1. The topological polar surface area (TPSA) is 113 Å². The Morgan fingerprint density at radius 2 is 0.867 bits per heavy atom. The number of methoxy groups -OCH3 is 1. The summed E-state index contributed by atoms with van der Waals surface area (Å²) in [5.41, 5.74) is 3.93. The van der Waals surface area contributed by atoms with Gasteiger partial charge in [-0.05, 0) is 35.1 Å². The van der Waals surface area contributed by atoms with Crippen LogP contribution in [-0.2, 0) is 73.8 Å². The van der Waals surface area contributed by atoms with Crippen LogP contribution in [0.3, 0.4) is 0 Å². The minimum atomic E-state index is -1.20. The van der Waals surface area contributed by atoms with Gasteiger partial charge in [-0.15, -0.1) is 0 Å². The van der Waals surface area contributed by atoms with Gasteiger partial charge < -0.3 is 52.5 Å². The van der Waals surface area contributed by atoms with Crippen molar-refractivity contribution in [1.29, 1.82) is 0 Å². The molecule has 4 aromatic carbocycles. The zero-order chi connectivity index (χ0) is 41.2. The maximum atomic E-state index is 12.3. The van der Waals surface area contributed by atoms with Crippen LogP contribution in [0, 0.1) is 0 Å². The molecule has 4 fully saturated rings. The van der Waals surface area contributed by atoms with Gasteiger partial charge in [0, 0.05) is 20.3 Å². The van der Waals surface area contributed by atoms with Crippen molar-refractivity contribution >= 4 is 0 Å². The first-order chi connectivity index (χ1) is 29.7. The standard InChI is InChI=1S/C49H62O11/c1-51-48-45-42(50)43(54-30-36-20-10-6-11-21-36)40(58-48)34-52-28-18-4-2-3-5-19-29-53-35-41-44(55-31-37-22-12-7-13-23-37)46(56-32-38-24-14-8-15-25-38)47(49(59-41)60-45)57-33-39-26-16-9-17-27-39/h6-17,20-27,40-50H,2-5,18-19,28-35H2,1H3/t40-,41-,42+,43-,44+,45+,46+,47-,48+,49-/m1/s1. The van der Waals surface area contributed by atoms with Crippen molar-refractivity contribution in [2.75, 3.05) is 33.5 Å². The summed E-state index contributed by atoms with van der Waals surface area (Å²) in [5, 5.41) is 12.3. The Morgan fingerprint density at radius 1 is 0.467 bits per heavy atom. The average molecular weight is 827 g/mol. The molecule has 0 amide bonds. The SMILES string of the molecule is CO[C@H]1O[C@@H]2COCCCCCCCCOC[C@H]3O[C@H](O[C@H]1[C@@H](O)[C@@H]2OCc1ccccc1)[C@H](OCc1ccccc1)[C@@H](OCc1ccccc1)[C@H]3OCc1ccccc1. The molecule has 4 bridgehead atoms. The number of fused-ring (bicyclic) bond motifs is 13. The first kappa shape index (κ1) is 44.5. The molecule has 4 aliphatic heterocycles. The van der Waals surface area contributed by atoms with Crippen LogP contribution < -0.4 is 0 Å². The third-order valence-corrected chi connectivity index (χ3v) is 11.3. The summed E-state index contributed by atoms with van der Waals surface area (Å²) in [7, 11) is 1.54. The molecular formula is C49H62O11. The summed E-state index contributed by atoms with van der Waals surface area (Å²) in [6.07, 6.45) is -2.31. The van der Waals surface area contributed by atoms with E-state index >= 15 is 0 Å². The van der Waals surface area contributed by atoms with Gasteiger partial charge in [-0.25, -0.2) is 0 Å². The van der Waals surface area contributed by atoms with Gasteiger partial charge in [0.15, 0.2) is 12.6 Å². The van der Waals surface area contributed by atoms with Crippen LogP contribution in [0.1, 0.15) is 60.8 Å². The second-order valence-electron chi connectivity index (χ2n) is 15.7. The molecule has 0 aliphatic carbocycles. The molecule has 1 N–H and O–H groups in total. The largest absolute Gasteiger partial charge is 0.387 e. The zero-order valence-electron chi connectivity index (χ0n) is 34.7. The molecule has 4 aromatic rings. The highest BCUT2D eigenvalue weighted by molar-refractivity contribution is 5.16. The Kier molecular flexibility index (Phi) is 17.9. The molecule has 0 spiro atoms. The predicted octanol–water partition coefficient (Wildman–Crippen LogP) is 7.56. The Bertz CT molecular complexity index is 1740. The van der Waals surface area contributed by atoms with Crippen LogP contribution in [0.4, 0.5) is 0 Å². The van der Waals surface area contributed by atoms with E-state index in [9.17, 15) is 5.11 Å². The lowest BCUT2D eigenvalue weighted by atomic mass is 9.96. The van der Waals surface area contributed by atoms with E-state index in [1.54, 1.807) is 0 Å². The Morgan fingerprint density at radius 3 is 1.33 bits per heavy atom. The number of ether oxygens (including phenoxy) is 10. The fourth-order valence-electron chi connectivity index (χ4n) is 7.99. The molecule has 0 aromatic heterocycles. The summed E-state index contributed by atoms with van der Waals surface area (Å²) >= 11 is 0. The summed E-state index contributed by atoms with van der Waals surface area (Å²) < 4.78 is 65.9. The van der Waals surface area contributed by atoms with Crippen molar-refractivity contribution in [2.45, 2.75) is 126 Å². The molecular weight excluding hydrogens is 765 g/mol. The molecule has 11 nitrogen and oxygen atoms in total. The summed E-state index contributed by atoms with van der Waals surface area (Å²) in [5.74, 6) is 0. The second-order valence-corrected chi connectivity index (χ2v) is 15.7. The van der Waals surface area contributed by atoms with E-state index in [1.165, 1.54) is 7.11 Å². The number of rotatable bonds is 13. The number of aliphatic hydroxyl groups excluding tert-OH is 1. The van der Waals surface area contributed by atoms with Gasteiger partial charge in [-0.3, -0.25) is 0 Å². The van der Waals surface area contributed by atoms with E-state index in [4.69, 9.17) is 47.4 Å². The highest BCUT2D eigenvalue weighted by atomic mass is 16.8. The van der Waals surface area contributed by atoms with Crippen LogP contribution in [0.15, 0.2) is 121 Å². The Balaban J connectivity index is 1.23. The van der Waals surface area contributed by atoms with Crippen molar-refractivity contribution in [1.82, 2.24) is 0 Å². The zero-order valence-corrected chi connectivity index (χ0v) is 34.7. The van der Waals surface area contributed by atoms with Crippen LogP contribution in [0.2, 0.25) is 0 Å². The van der Waals surface area contributed by atoms with Crippen molar-refractivity contribution in [2.24, 2.45) is 0 Å². The summed E-state index contributed by atoms with van der Waals surface area (Å²) in [6, 6.07) is 39.9. The van der Waals surface area contributed by atoms with Gasteiger partial charge in [0.1, 0.15) is 48.8 Å². The maximum absolute atomic E-state index is 12.3. The molecule has 8 rings (SSSR count). The van der Waals surface area contributed by atoms with Crippen molar-refractivity contribution in [3.8, 4) is 0 Å². The van der Waals surface area contributed by atoms with Crippen LogP contribution in [0.25, 0.3) is 0 Å². The van der Waals surface area contributed by atoms with Gasteiger partial charge in [-0.2, -0.15) is 0 Å². The lowest BCUT2D eigenvalue weighted by Gasteiger charge is -2.49. The fourth-order valence-corrected chi connectivity index (χ4v) is 7.99. The molecule has 4 saturated heterocycles. The van der Waals surface area contributed by atoms with E-state index in [2.05, 4.69) is 0 Å². The minimum Gasteiger partial charge on any atom is -0.387 e. The molecule has 0 unspecified atom stereocenters.